The number of hydrogen-bond donors (Lipinski definition) is 2. The van der Waals surface area contributed by atoms with Gasteiger partial charge in [-0.05, 0) is 18.6 Å². The summed E-state index contributed by atoms with van der Waals surface area (Å²) in [5.41, 5.74) is 0.715. The third-order valence-corrected chi connectivity index (χ3v) is 5.33. The fraction of sp³-hybridized carbons (Fsp3) is 0.389. The number of urea groups is 1. The Labute approximate surface area is 164 Å². The zero-order valence-corrected chi connectivity index (χ0v) is 15.2. The molecule has 9 nitrogen and oxygen atoms in total. The Hall–Kier alpha value is -3.37. The lowest BCUT2D eigenvalue weighted by Gasteiger charge is -2.35. The van der Waals surface area contributed by atoms with Gasteiger partial charge in [-0.3, -0.25) is 20.0 Å². The van der Waals surface area contributed by atoms with Crippen molar-refractivity contribution < 1.29 is 18.4 Å². The lowest BCUT2D eigenvalue weighted by Crippen LogP contribution is -2.48. The molecule has 150 valence electrons. The Kier molecular flexibility index (Phi) is 3.86. The summed E-state index contributed by atoms with van der Waals surface area (Å²) in [6.07, 6.45) is 4.77. The van der Waals surface area contributed by atoms with E-state index in [-0.39, 0.29) is 18.2 Å². The van der Waals surface area contributed by atoms with Crippen LogP contribution >= 0.6 is 0 Å². The molecule has 3 aliphatic rings. The van der Waals surface area contributed by atoms with E-state index in [1.54, 1.807) is 6.07 Å². The summed E-state index contributed by atoms with van der Waals surface area (Å²) in [5.74, 6) is -2.92. The predicted octanol–water partition coefficient (Wildman–Crippen LogP) is 1.64. The van der Waals surface area contributed by atoms with Gasteiger partial charge in [0.1, 0.15) is 5.69 Å². The van der Waals surface area contributed by atoms with Crippen LogP contribution in [0.3, 0.4) is 0 Å². The first-order chi connectivity index (χ1) is 13.9. The number of nitrogens with zero attached hydrogens (tertiary/aromatic N) is 5. The summed E-state index contributed by atoms with van der Waals surface area (Å²) < 4.78 is 26.2. The number of aromatic nitrogens is 3. The number of halogens is 2. The molecule has 29 heavy (non-hydrogen) atoms. The monoisotopic (exact) mass is 401 g/mol. The third-order valence-electron chi connectivity index (χ3n) is 5.33. The van der Waals surface area contributed by atoms with E-state index in [0.29, 0.717) is 18.2 Å². The van der Waals surface area contributed by atoms with Crippen LogP contribution in [0.5, 0.6) is 0 Å². The van der Waals surface area contributed by atoms with E-state index in [1.807, 2.05) is 0 Å². The van der Waals surface area contributed by atoms with Crippen molar-refractivity contribution in [3.63, 3.8) is 0 Å². The fourth-order valence-corrected chi connectivity index (χ4v) is 3.73. The summed E-state index contributed by atoms with van der Waals surface area (Å²) >= 11 is 0. The first-order valence-corrected chi connectivity index (χ1v) is 9.23. The predicted molar refractivity (Wildman–Crippen MR) is 99.2 cm³/mol. The highest BCUT2D eigenvalue weighted by molar-refractivity contribution is 6.05. The maximum atomic E-state index is 13.1. The molecular weight excluding hydrogens is 384 g/mol. The van der Waals surface area contributed by atoms with Crippen molar-refractivity contribution in [2.45, 2.75) is 30.8 Å². The maximum Gasteiger partial charge on any atom is 0.329 e. The van der Waals surface area contributed by atoms with Crippen molar-refractivity contribution in [2.24, 2.45) is 0 Å². The van der Waals surface area contributed by atoms with Crippen LogP contribution in [0.4, 0.5) is 30.9 Å². The van der Waals surface area contributed by atoms with Crippen molar-refractivity contribution in [3.8, 4) is 0 Å². The van der Waals surface area contributed by atoms with Crippen molar-refractivity contribution in [1.82, 2.24) is 20.3 Å². The van der Waals surface area contributed by atoms with Gasteiger partial charge in [-0.1, -0.05) is 0 Å². The average molecular weight is 401 g/mol. The van der Waals surface area contributed by atoms with Crippen molar-refractivity contribution in [3.05, 3.63) is 36.4 Å². The number of nitrogens with one attached hydrogen (secondary N) is 2. The molecular formula is C18H17F2N7O2. The van der Waals surface area contributed by atoms with E-state index < -0.39 is 23.9 Å². The number of alkyl halides is 2. The number of pyridine rings is 1. The summed E-state index contributed by atoms with van der Waals surface area (Å²) in [5, 5.41) is 4.98. The minimum atomic E-state index is -2.86. The summed E-state index contributed by atoms with van der Waals surface area (Å²) in [7, 11) is 0. The molecule has 1 aliphatic carbocycles. The molecule has 0 unspecified atom stereocenters. The number of rotatable bonds is 3. The smallest absolute Gasteiger partial charge is 0.329 e. The van der Waals surface area contributed by atoms with Gasteiger partial charge in [0.25, 0.3) is 11.8 Å². The molecule has 2 aromatic heterocycles. The fourth-order valence-electron chi connectivity index (χ4n) is 3.73. The number of carbonyl (C=O) groups excluding carboxylic acids is 2. The number of carbonyl (C=O) groups is 2. The summed E-state index contributed by atoms with van der Waals surface area (Å²) in [6, 6.07) is 1.48. The van der Waals surface area contributed by atoms with E-state index in [4.69, 9.17) is 0 Å². The van der Waals surface area contributed by atoms with Gasteiger partial charge in [-0.2, -0.15) is 0 Å². The molecule has 5 rings (SSSR count). The third kappa shape index (κ3) is 3.12. The molecule has 0 radical (unpaired) electrons. The second kappa shape index (κ2) is 6.33. The quantitative estimate of drug-likeness (QED) is 0.811. The Morgan fingerprint density at radius 1 is 1.24 bits per heavy atom. The minimum absolute atomic E-state index is 0.00810. The molecule has 11 heteroatoms. The van der Waals surface area contributed by atoms with Gasteiger partial charge in [-0.15, -0.1) is 0 Å². The second-order valence-electron chi connectivity index (χ2n) is 7.31. The summed E-state index contributed by atoms with van der Waals surface area (Å²) in [4.78, 5) is 41.2. The zero-order valence-electron chi connectivity index (χ0n) is 15.2. The van der Waals surface area contributed by atoms with Crippen molar-refractivity contribution in [1.29, 1.82) is 0 Å². The molecule has 2 atom stereocenters. The van der Waals surface area contributed by atoms with Crippen LogP contribution in [-0.4, -0.2) is 58.0 Å². The summed E-state index contributed by atoms with van der Waals surface area (Å²) in [6.45, 7) is 1.41. The topological polar surface area (TPSA) is 103 Å². The normalized spacial score (nSPS) is 23.4. The highest BCUT2D eigenvalue weighted by Crippen LogP contribution is 2.42. The van der Waals surface area contributed by atoms with Crippen molar-refractivity contribution in [2.75, 3.05) is 28.2 Å². The Morgan fingerprint density at radius 2 is 2.07 bits per heavy atom. The molecule has 0 aromatic carbocycles. The Morgan fingerprint density at radius 3 is 2.79 bits per heavy atom. The molecule has 2 bridgehead atoms. The lowest BCUT2D eigenvalue weighted by molar-refractivity contribution is 0.0845. The molecule has 2 aliphatic heterocycles. The van der Waals surface area contributed by atoms with E-state index in [0.717, 1.165) is 18.7 Å². The first-order valence-electron chi connectivity index (χ1n) is 9.23. The van der Waals surface area contributed by atoms with Crippen LogP contribution in [0.25, 0.3) is 0 Å². The van der Waals surface area contributed by atoms with E-state index in [2.05, 4.69) is 30.5 Å². The minimum Gasteiger partial charge on any atom is -0.366 e. The van der Waals surface area contributed by atoms with Gasteiger partial charge in [-0.25, -0.2) is 23.5 Å². The van der Waals surface area contributed by atoms with E-state index in [9.17, 15) is 18.4 Å². The average Bonchev–Trinajstić information content (AvgIpc) is 3.09. The lowest BCUT2D eigenvalue weighted by atomic mass is 10.1. The molecule has 2 fully saturated rings. The molecule has 1 saturated heterocycles. The van der Waals surface area contributed by atoms with Gasteiger partial charge >= 0.3 is 6.03 Å². The standard InChI is InChI=1S/C18H17F2N7O2/c19-18(20)7-13(18)24-16(28)11-1-2-12-15(23-11)27(10-3-6-26(12)9-10)17(29)25-14-8-21-4-5-22-14/h1-2,4-5,8,10,13H,3,6-7,9H2,(H,24,28)(H,22,25,29)/t10-,13+/m0/s1. The van der Waals surface area contributed by atoms with Crippen LogP contribution in [0.1, 0.15) is 23.3 Å². The van der Waals surface area contributed by atoms with Crippen LogP contribution in [0.15, 0.2) is 30.7 Å². The van der Waals surface area contributed by atoms with Crippen LogP contribution < -0.4 is 20.4 Å². The highest BCUT2D eigenvalue weighted by atomic mass is 19.3. The van der Waals surface area contributed by atoms with Crippen molar-refractivity contribution >= 4 is 29.3 Å². The molecule has 2 aromatic rings. The number of anilines is 3. The van der Waals surface area contributed by atoms with Gasteiger partial charge in [0.15, 0.2) is 11.6 Å². The molecule has 4 heterocycles. The molecule has 3 amide bonds. The van der Waals surface area contributed by atoms with E-state index >= 15 is 0 Å². The van der Waals surface area contributed by atoms with Gasteiger partial charge in [0.05, 0.1) is 24.0 Å². The number of fused-ring (bicyclic) bond motifs is 4. The number of hydrogen-bond acceptors (Lipinski definition) is 6. The second-order valence-corrected chi connectivity index (χ2v) is 7.31. The zero-order chi connectivity index (χ0) is 20.2. The van der Waals surface area contributed by atoms with Gasteiger partial charge in [0, 0.05) is 31.9 Å². The van der Waals surface area contributed by atoms with Gasteiger partial charge < -0.3 is 10.2 Å². The molecule has 2 N–H and O–H groups in total. The van der Waals surface area contributed by atoms with Crippen LogP contribution in [0, 0.1) is 0 Å². The molecule has 1 saturated carbocycles. The Balaban J connectivity index is 1.44. The van der Waals surface area contributed by atoms with Crippen LogP contribution in [-0.2, 0) is 0 Å². The van der Waals surface area contributed by atoms with Crippen LogP contribution in [0.2, 0.25) is 0 Å². The largest absolute Gasteiger partial charge is 0.366 e. The molecule has 0 spiro atoms. The highest BCUT2D eigenvalue weighted by Gasteiger charge is 2.58. The number of amides is 3. The SMILES string of the molecule is O=C(N[C@@H]1CC1(F)F)c1ccc2c(n1)N(C(=O)Nc1cnccn1)[C@H]1CCN2C1. The maximum absolute atomic E-state index is 13.1. The first kappa shape index (κ1) is 17.7. The Bertz CT molecular complexity index is 987. The van der Waals surface area contributed by atoms with E-state index in [1.165, 1.54) is 29.6 Å². The van der Waals surface area contributed by atoms with Gasteiger partial charge in [0.2, 0.25) is 0 Å².